The molecule has 0 aliphatic carbocycles. The summed E-state index contributed by atoms with van der Waals surface area (Å²) in [7, 11) is 2.00. The van der Waals surface area contributed by atoms with E-state index in [9.17, 15) is 4.79 Å². The molecule has 1 spiro atoms. The van der Waals surface area contributed by atoms with Gasteiger partial charge in [-0.1, -0.05) is 0 Å². The highest BCUT2D eigenvalue weighted by molar-refractivity contribution is 5.77. The Labute approximate surface area is 149 Å². The van der Waals surface area contributed by atoms with Crippen LogP contribution < -0.4 is 0 Å². The van der Waals surface area contributed by atoms with Gasteiger partial charge in [0.15, 0.2) is 0 Å². The number of carbonyl (C=O) groups excluding carboxylic acids is 1. The van der Waals surface area contributed by atoms with Crippen LogP contribution in [0.1, 0.15) is 44.3 Å². The Kier molecular flexibility index (Phi) is 4.78. The molecular formula is C18H29N5O2. The topological polar surface area (TPSA) is 63.5 Å². The van der Waals surface area contributed by atoms with Gasteiger partial charge >= 0.3 is 0 Å². The maximum atomic E-state index is 12.4. The van der Waals surface area contributed by atoms with E-state index >= 15 is 0 Å². The molecule has 1 aromatic rings. The van der Waals surface area contributed by atoms with Crippen molar-refractivity contribution >= 4 is 5.91 Å². The zero-order valence-corrected chi connectivity index (χ0v) is 15.2. The summed E-state index contributed by atoms with van der Waals surface area (Å²) in [5.41, 5.74) is 0.308. The summed E-state index contributed by atoms with van der Waals surface area (Å²) in [6, 6.07) is 0. The minimum atomic E-state index is 0.259. The Morgan fingerprint density at radius 1 is 1.32 bits per heavy atom. The van der Waals surface area contributed by atoms with Gasteiger partial charge in [-0.15, -0.1) is 10.2 Å². The van der Waals surface area contributed by atoms with Gasteiger partial charge in [0.05, 0.1) is 12.6 Å². The third-order valence-electron chi connectivity index (χ3n) is 6.28. The lowest BCUT2D eigenvalue weighted by atomic mass is 9.72. The number of rotatable bonds is 4. The fourth-order valence-corrected chi connectivity index (χ4v) is 4.55. The van der Waals surface area contributed by atoms with Gasteiger partial charge in [0, 0.05) is 33.2 Å². The van der Waals surface area contributed by atoms with Crippen LogP contribution in [0.15, 0.2) is 6.33 Å². The Balaban J connectivity index is 1.33. The number of likely N-dealkylation sites (tertiary alicyclic amines) is 2. The molecule has 1 amide bonds. The van der Waals surface area contributed by atoms with Crippen molar-refractivity contribution in [1.82, 2.24) is 24.6 Å². The molecule has 7 heteroatoms. The lowest BCUT2D eigenvalue weighted by Gasteiger charge is -2.47. The van der Waals surface area contributed by atoms with Gasteiger partial charge in [-0.25, -0.2) is 0 Å². The number of aromatic nitrogens is 3. The number of hydrogen-bond acceptors (Lipinski definition) is 5. The molecule has 138 valence electrons. The van der Waals surface area contributed by atoms with Gasteiger partial charge in [-0.3, -0.25) is 9.69 Å². The molecular weight excluding hydrogens is 318 g/mol. The minimum Gasteiger partial charge on any atom is -0.376 e. The lowest BCUT2D eigenvalue weighted by Crippen LogP contribution is -2.52. The van der Waals surface area contributed by atoms with Gasteiger partial charge < -0.3 is 14.2 Å². The van der Waals surface area contributed by atoms with Crippen LogP contribution in [0.25, 0.3) is 0 Å². The minimum absolute atomic E-state index is 0.259. The first-order valence-corrected chi connectivity index (χ1v) is 9.58. The number of aryl methyl sites for hydroxylation is 1. The molecule has 3 aliphatic heterocycles. The second-order valence-electron chi connectivity index (χ2n) is 8.04. The van der Waals surface area contributed by atoms with Crippen LogP contribution >= 0.6 is 0 Å². The largest absolute Gasteiger partial charge is 0.376 e. The van der Waals surface area contributed by atoms with E-state index in [1.807, 2.05) is 11.6 Å². The van der Waals surface area contributed by atoms with Gasteiger partial charge in [0.25, 0.3) is 0 Å². The van der Waals surface area contributed by atoms with Crippen molar-refractivity contribution in [2.45, 2.75) is 51.2 Å². The normalized spacial score (nSPS) is 27.3. The summed E-state index contributed by atoms with van der Waals surface area (Å²) < 4.78 is 7.74. The molecule has 4 heterocycles. The third kappa shape index (κ3) is 3.72. The molecule has 1 aromatic heterocycles. The first-order chi connectivity index (χ1) is 12.1. The Bertz CT molecular complexity index is 602. The van der Waals surface area contributed by atoms with Gasteiger partial charge in [-0.05, 0) is 50.6 Å². The molecule has 3 aliphatic rings. The van der Waals surface area contributed by atoms with E-state index in [2.05, 4.69) is 20.0 Å². The first-order valence-electron chi connectivity index (χ1n) is 9.58. The number of ether oxygens (including phenoxy) is 1. The first kappa shape index (κ1) is 17.0. The second-order valence-corrected chi connectivity index (χ2v) is 8.04. The number of carbonyl (C=O) groups is 1. The predicted molar refractivity (Wildman–Crippen MR) is 92.7 cm³/mol. The van der Waals surface area contributed by atoms with Crippen LogP contribution in [0.5, 0.6) is 0 Å². The predicted octanol–water partition coefficient (Wildman–Crippen LogP) is 1.20. The molecule has 7 nitrogen and oxygen atoms in total. The molecule has 0 saturated carbocycles. The van der Waals surface area contributed by atoms with Gasteiger partial charge in [-0.2, -0.15) is 0 Å². The van der Waals surface area contributed by atoms with E-state index in [-0.39, 0.29) is 6.10 Å². The standard InChI is InChI=1S/C18H29N5O2/c1-21-14-19-20-16(21)12-22-8-6-18(7-9-22)5-4-17(24)23(13-18)11-15-3-2-10-25-15/h14-15H,2-13H2,1H3. The van der Waals surface area contributed by atoms with Crippen LogP contribution in [0.3, 0.4) is 0 Å². The summed E-state index contributed by atoms with van der Waals surface area (Å²) >= 11 is 0. The van der Waals surface area contributed by atoms with Crippen molar-refractivity contribution in [2.75, 3.05) is 32.8 Å². The Morgan fingerprint density at radius 2 is 2.16 bits per heavy atom. The molecule has 0 radical (unpaired) electrons. The van der Waals surface area contributed by atoms with Crippen molar-refractivity contribution in [1.29, 1.82) is 0 Å². The van der Waals surface area contributed by atoms with E-state index in [4.69, 9.17) is 4.74 Å². The zero-order valence-electron chi connectivity index (χ0n) is 15.2. The quantitative estimate of drug-likeness (QED) is 0.819. The maximum absolute atomic E-state index is 12.4. The van der Waals surface area contributed by atoms with Crippen LogP contribution in [-0.4, -0.2) is 69.4 Å². The molecule has 3 fully saturated rings. The molecule has 4 rings (SSSR count). The summed E-state index contributed by atoms with van der Waals surface area (Å²) in [6.45, 7) is 5.59. The molecule has 0 aromatic carbocycles. The van der Waals surface area contributed by atoms with Crippen LogP contribution in [0.4, 0.5) is 0 Å². The highest BCUT2D eigenvalue weighted by Gasteiger charge is 2.41. The summed E-state index contributed by atoms with van der Waals surface area (Å²) in [5, 5.41) is 8.17. The molecule has 0 bridgehead atoms. The summed E-state index contributed by atoms with van der Waals surface area (Å²) in [6.07, 6.45) is 8.34. The van der Waals surface area contributed by atoms with Crippen molar-refractivity contribution < 1.29 is 9.53 Å². The smallest absolute Gasteiger partial charge is 0.222 e. The average molecular weight is 347 g/mol. The van der Waals surface area contributed by atoms with Crippen molar-refractivity contribution in [3.8, 4) is 0 Å². The Hall–Kier alpha value is -1.47. The number of hydrogen-bond donors (Lipinski definition) is 0. The second kappa shape index (κ2) is 7.03. The summed E-state index contributed by atoms with van der Waals surface area (Å²) in [4.78, 5) is 16.9. The molecule has 25 heavy (non-hydrogen) atoms. The summed E-state index contributed by atoms with van der Waals surface area (Å²) in [5.74, 6) is 1.34. The van der Waals surface area contributed by atoms with Crippen molar-refractivity contribution in [3.05, 3.63) is 12.2 Å². The number of amides is 1. The van der Waals surface area contributed by atoms with E-state index < -0.39 is 0 Å². The fourth-order valence-electron chi connectivity index (χ4n) is 4.55. The van der Waals surface area contributed by atoms with E-state index in [1.54, 1.807) is 6.33 Å². The van der Waals surface area contributed by atoms with Crippen LogP contribution in [0, 0.1) is 5.41 Å². The van der Waals surface area contributed by atoms with E-state index in [0.717, 1.165) is 64.4 Å². The van der Waals surface area contributed by atoms with E-state index in [0.29, 0.717) is 17.7 Å². The van der Waals surface area contributed by atoms with E-state index in [1.165, 1.54) is 12.8 Å². The number of nitrogens with zero attached hydrogens (tertiary/aromatic N) is 5. The molecule has 1 unspecified atom stereocenters. The maximum Gasteiger partial charge on any atom is 0.222 e. The molecule has 3 saturated heterocycles. The third-order valence-corrected chi connectivity index (χ3v) is 6.28. The molecule has 0 N–H and O–H groups in total. The van der Waals surface area contributed by atoms with Crippen molar-refractivity contribution in [3.63, 3.8) is 0 Å². The van der Waals surface area contributed by atoms with Crippen molar-refractivity contribution in [2.24, 2.45) is 12.5 Å². The average Bonchev–Trinajstić information content (AvgIpc) is 3.26. The zero-order chi connectivity index (χ0) is 17.3. The monoisotopic (exact) mass is 347 g/mol. The van der Waals surface area contributed by atoms with Gasteiger partial charge in [0.1, 0.15) is 12.2 Å². The SMILES string of the molecule is Cn1cnnc1CN1CCC2(CCC(=O)N(CC3CCCO3)C2)CC1. The number of piperidine rings is 2. The highest BCUT2D eigenvalue weighted by Crippen LogP contribution is 2.40. The fraction of sp³-hybridized carbons (Fsp3) is 0.833. The lowest BCUT2D eigenvalue weighted by molar-refractivity contribution is -0.141. The van der Waals surface area contributed by atoms with Gasteiger partial charge in [0.2, 0.25) is 5.91 Å². The highest BCUT2D eigenvalue weighted by atomic mass is 16.5. The molecule has 1 atom stereocenters. The van der Waals surface area contributed by atoms with Crippen LogP contribution in [0.2, 0.25) is 0 Å². The van der Waals surface area contributed by atoms with Crippen LogP contribution in [-0.2, 0) is 23.1 Å². The Morgan fingerprint density at radius 3 is 2.84 bits per heavy atom.